The molecule has 0 saturated carbocycles. The molecule has 0 atom stereocenters. The summed E-state index contributed by atoms with van der Waals surface area (Å²) in [5.74, 6) is -0.418. The van der Waals surface area contributed by atoms with E-state index in [1.165, 1.54) is 7.11 Å². The van der Waals surface area contributed by atoms with Gasteiger partial charge in [-0.25, -0.2) is 9.78 Å². The van der Waals surface area contributed by atoms with Crippen LogP contribution in [0.2, 0.25) is 0 Å². The third kappa shape index (κ3) is 2.52. The molecular weight excluding hydrogens is 168 g/mol. The summed E-state index contributed by atoms with van der Waals surface area (Å²) in [6.45, 7) is 0.525. The molecule has 0 saturated heterocycles. The summed E-state index contributed by atoms with van der Waals surface area (Å²) < 4.78 is 4.54. The number of methoxy groups -OCH3 is 1. The Hall–Kier alpha value is -1.42. The van der Waals surface area contributed by atoms with E-state index < -0.39 is 5.97 Å². The molecule has 4 nitrogen and oxygen atoms in total. The van der Waals surface area contributed by atoms with Gasteiger partial charge in [-0.3, -0.25) is 0 Å². The normalized spacial score (nSPS) is 9.69. The first-order valence-electron chi connectivity index (χ1n) is 4.02. The average Bonchev–Trinajstić information content (AvgIpc) is 2.18. The van der Waals surface area contributed by atoms with Gasteiger partial charge in [0.25, 0.3) is 0 Å². The lowest BCUT2D eigenvalue weighted by Gasteiger charge is -2.00. The second-order valence-electron chi connectivity index (χ2n) is 2.54. The topological polar surface area (TPSA) is 65.2 Å². The molecule has 1 heterocycles. The van der Waals surface area contributed by atoms with Crippen molar-refractivity contribution in [2.24, 2.45) is 5.73 Å². The van der Waals surface area contributed by atoms with Crippen molar-refractivity contribution in [2.45, 2.75) is 6.42 Å². The van der Waals surface area contributed by atoms with E-state index in [2.05, 4.69) is 9.72 Å². The van der Waals surface area contributed by atoms with E-state index in [1.54, 1.807) is 12.1 Å². The predicted molar refractivity (Wildman–Crippen MR) is 48.3 cm³/mol. The van der Waals surface area contributed by atoms with Crippen LogP contribution < -0.4 is 5.73 Å². The zero-order chi connectivity index (χ0) is 9.68. The Labute approximate surface area is 76.7 Å². The maximum atomic E-state index is 11.1. The number of carbonyl (C=O) groups is 1. The number of carbonyl (C=O) groups excluding carboxylic acids is 1. The number of hydrogen-bond acceptors (Lipinski definition) is 4. The summed E-state index contributed by atoms with van der Waals surface area (Å²) in [6, 6.07) is 5.22. The number of hydrogen-bond donors (Lipinski definition) is 1. The minimum Gasteiger partial charge on any atom is -0.464 e. The lowest BCUT2D eigenvalue weighted by atomic mass is 10.2. The lowest BCUT2D eigenvalue weighted by molar-refractivity contribution is 0.0593. The Bertz CT molecular complexity index is 299. The molecule has 0 aliphatic rings. The Balaban J connectivity index is 2.85. The van der Waals surface area contributed by atoms with E-state index in [4.69, 9.17) is 5.73 Å². The summed E-state index contributed by atoms with van der Waals surface area (Å²) in [7, 11) is 1.33. The van der Waals surface area contributed by atoms with Crippen LogP contribution in [-0.4, -0.2) is 24.6 Å². The molecule has 0 unspecified atom stereocenters. The predicted octanol–water partition coefficient (Wildman–Crippen LogP) is 0.369. The maximum Gasteiger partial charge on any atom is 0.356 e. The van der Waals surface area contributed by atoms with Gasteiger partial charge in [-0.2, -0.15) is 0 Å². The van der Waals surface area contributed by atoms with Crippen molar-refractivity contribution in [3.8, 4) is 0 Å². The summed E-state index contributed by atoms with van der Waals surface area (Å²) in [6.07, 6.45) is 0.671. The molecule has 0 radical (unpaired) electrons. The smallest absolute Gasteiger partial charge is 0.356 e. The fourth-order valence-electron chi connectivity index (χ4n) is 0.985. The average molecular weight is 180 g/mol. The molecule has 0 amide bonds. The highest BCUT2D eigenvalue weighted by Gasteiger charge is 2.06. The van der Waals surface area contributed by atoms with E-state index in [1.807, 2.05) is 6.07 Å². The monoisotopic (exact) mass is 180 g/mol. The number of ether oxygens (including phenoxy) is 1. The van der Waals surface area contributed by atoms with E-state index in [0.29, 0.717) is 18.7 Å². The van der Waals surface area contributed by atoms with Crippen molar-refractivity contribution in [3.63, 3.8) is 0 Å². The van der Waals surface area contributed by atoms with Gasteiger partial charge in [0.1, 0.15) is 5.69 Å². The van der Waals surface area contributed by atoms with Gasteiger partial charge in [0.05, 0.1) is 7.11 Å². The number of aromatic nitrogens is 1. The van der Waals surface area contributed by atoms with Crippen molar-refractivity contribution in [3.05, 3.63) is 29.6 Å². The molecule has 0 aliphatic carbocycles. The van der Waals surface area contributed by atoms with Crippen LogP contribution in [0, 0.1) is 0 Å². The molecule has 1 aromatic rings. The molecule has 70 valence electrons. The Morgan fingerprint density at radius 1 is 1.62 bits per heavy atom. The van der Waals surface area contributed by atoms with Crippen LogP contribution in [0.15, 0.2) is 18.2 Å². The second kappa shape index (κ2) is 4.57. The first-order valence-corrected chi connectivity index (χ1v) is 4.02. The van der Waals surface area contributed by atoms with Crippen molar-refractivity contribution >= 4 is 5.97 Å². The number of rotatable bonds is 3. The first-order chi connectivity index (χ1) is 6.27. The molecule has 13 heavy (non-hydrogen) atoms. The van der Waals surface area contributed by atoms with Crippen molar-refractivity contribution in [1.82, 2.24) is 4.98 Å². The molecule has 4 heteroatoms. The van der Waals surface area contributed by atoms with E-state index in [9.17, 15) is 4.79 Å². The fraction of sp³-hybridized carbons (Fsp3) is 0.333. The molecule has 2 N–H and O–H groups in total. The zero-order valence-corrected chi connectivity index (χ0v) is 7.49. The molecule has 0 spiro atoms. The SMILES string of the molecule is COC(=O)c1cccc(CCN)n1. The Morgan fingerprint density at radius 3 is 3.00 bits per heavy atom. The van der Waals surface area contributed by atoms with Gasteiger partial charge in [0, 0.05) is 12.1 Å². The number of esters is 1. The largest absolute Gasteiger partial charge is 0.464 e. The van der Waals surface area contributed by atoms with E-state index >= 15 is 0 Å². The zero-order valence-electron chi connectivity index (χ0n) is 7.49. The highest BCUT2D eigenvalue weighted by molar-refractivity contribution is 5.87. The van der Waals surface area contributed by atoms with E-state index in [-0.39, 0.29) is 0 Å². The van der Waals surface area contributed by atoms with Crippen molar-refractivity contribution in [2.75, 3.05) is 13.7 Å². The van der Waals surface area contributed by atoms with Crippen LogP contribution in [0.5, 0.6) is 0 Å². The summed E-state index contributed by atoms with van der Waals surface area (Å²) >= 11 is 0. The molecule has 0 fully saturated rings. The summed E-state index contributed by atoms with van der Waals surface area (Å²) in [4.78, 5) is 15.1. The van der Waals surface area contributed by atoms with Crippen LogP contribution in [0.3, 0.4) is 0 Å². The number of pyridine rings is 1. The first kappa shape index (κ1) is 9.67. The standard InChI is InChI=1S/C9H12N2O2/c1-13-9(12)8-4-2-3-7(11-8)5-6-10/h2-4H,5-6,10H2,1H3. The molecular formula is C9H12N2O2. The summed E-state index contributed by atoms with van der Waals surface area (Å²) in [5.41, 5.74) is 6.50. The molecule has 1 rings (SSSR count). The highest BCUT2D eigenvalue weighted by Crippen LogP contribution is 2.01. The Morgan fingerprint density at radius 2 is 2.38 bits per heavy atom. The van der Waals surface area contributed by atoms with Gasteiger partial charge in [-0.1, -0.05) is 6.07 Å². The molecule has 0 aromatic carbocycles. The van der Waals surface area contributed by atoms with Crippen molar-refractivity contribution < 1.29 is 9.53 Å². The molecule has 0 aliphatic heterocycles. The number of nitrogens with zero attached hydrogens (tertiary/aromatic N) is 1. The molecule has 1 aromatic heterocycles. The second-order valence-corrected chi connectivity index (χ2v) is 2.54. The quantitative estimate of drug-likeness (QED) is 0.682. The minimum absolute atomic E-state index is 0.327. The van der Waals surface area contributed by atoms with Gasteiger partial charge in [-0.05, 0) is 18.7 Å². The van der Waals surface area contributed by atoms with Crippen LogP contribution in [-0.2, 0) is 11.2 Å². The van der Waals surface area contributed by atoms with E-state index in [0.717, 1.165) is 5.69 Å². The minimum atomic E-state index is -0.418. The van der Waals surface area contributed by atoms with Crippen LogP contribution in [0.1, 0.15) is 16.2 Å². The van der Waals surface area contributed by atoms with Crippen LogP contribution in [0.25, 0.3) is 0 Å². The number of nitrogens with two attached hydrogens (primary N) is 1. The Kier molecular flexibility index (Phi) is 3.40. The van der Waals surface area contributed by atoms with Crippen LogP contribution >= 0.6 is 0 Å². The van der Waals surface area contributed by atoms with Gasteiger partial charge >= 0.3 is 5.97 Å². The van der Waals surface area contributed by atoms with Gasteiger partial charge < -0.3 is 10.5 Å². The van der Waals surface area contributed by atoms with Crippen LogP contribution in [0.4, 0.5) is 0 Å². The molecule has 0 bridgehead atoms. The fourth-order valence-corrected chi connectivity index (χ4v) is 0.985. The van der Waals surface area contributed by atoms with Crippen molar-refractivity contribution in [1.29, 1.82) is 0 Å². The summed E-state index contributed by atoms with van der Waals surface area (Å²) in [5, 5.41) is 0. The lowest BCUT2D eigenvalue weighted by Crippen LogP contribution is -2.09. The van der Waals surface area contributed by atoms with Gasteiger partial charge in [-0.15, -0.1) is 0 Å². The van der Waals surface area contributed by atoms with Gasteiger partial charge in [0.2, 0.25) is 0 Å². The highest BCUT2D eigenvalue weighted by atomic mass is 16.5. The maximum absolute atomic E-state index is 11.1. The third-order valence-corrected chi connectivity index (χ3v) is 1.60. The van der Waals surface area contributed by atoms with Gasteiger partial charge in [0.15, 0.2) is 0 Å². The third-order valence-electron chi connectivity index (χ3n) is 1.60.